The zero-order valence-corrected chi connectivity index (χ0v) is 11.7. The van der Waals surface area contributed by atoms with Crippen molar-refractivity contribution in [3.8, 4) is 0 Å². The van der Waals surface area contributed by atoms with E-state index in [0.29, 0.717) is 10.7 Å². The van der Waals surface area contributed by atoms with Crippen LogP contribution in [0.25, 0.3) is 6.08 Å². The number of carbonyl (C=O) groups excluding carboxylic acids is 2. The Balaban J connectivity index is 1.92. The van der Waals surface area contributed by atoms with Crippen molar-refractivity contribution in [2.75, 3.05) is 4.90 Å². The standard InChI is InChI=1S/C16H11ClN2O2/c17-12-6-8-13(9-7-12)19-15(20)14(18-16(19)21)10-11-4-2-1-3-5-11/h1-10H,(H,18,21)/b14-10+. The van der Waals surface area contributed by atoms with Crippen LogP contribution in [0.3, 0.4) is 0 Å². The normalized spacial score (nSPS) is 16.4. The highest BCUT2D eigenvalue weighted by molar-refractivity contribution is 6.31. The molecule has 0 atom stereocenters. The molecule has 0 unspecified atom stereocenters. The minimum Gasteiger partial charge on any atom is -0.302 e. The quantitative estimate of drug-likeness (QED) is 0.682. The van der Waals surface area contributed by atoms with Gasteiger partial charge in [0.2, 0.25) is 0 Å². The van der Waals surface area contributed by atoms with Crippen LogP contribution >= 0.6 is 11.6 Å². The minimum atomic E-state index is -0.468. The van der Waals surface area contributed by atoms with E-state index in [1.54, 1.807) is 30.3 Å². The summed E-state index contributed by atoms with van der Waals surface area (Å²) in [5.74, 6) is -0.383. The van der Waals surface area contributed by atoms with Gasteiger partial charge in [-0.15, -0.1) is 0 Å². The van der Waals surface area contributed by atoms with Crippen LogP contribution in [0.15, 0.2) is 60.3 Å². The first-order chi connectivity index (χ1) is 10.1. The van der Waals surface area contributed by atoms with E-state index in [0.717, 1.165) is 10.5 Å². The van der Waals surface area contributed by atoms with Crippen molar-refractivity contribution in [1.29, 1.82) is 0 Å². The third kappa shape index (κ3) is 2.66. The number of urea groups is 1. The maximum absolute atomic E-state index is 12.3. The number of halogens is 1. The molecule has 1 saturated heterocycles. The lowest BCUT2D eigenvalue weighted by Crippen LogP contribution is -2.30. The molecule has 3 rings (SSSR count). The predicted octanol–water partition coefficient (Wildman–Crippen LogP) is 3.44. The smallest absolute Gasteiger partial charge is 0.302 e. The second-order valence-corrected chi connectivity index (χ2v) is 4.95. The summed E-state index contributed by atoms with van der Waals surface area (Å²) in [6, 6.07) is 15.4. The summed E-state index contributed by atoms with van der Waals surface area (Å²) in [4.78, 5) is 25.4. The molecule has 1 fully saturated rings. The van der Waals surface area contributed by atoms with Crippen molar-refractivity contribution in [2.45, 2.75) is 0 Å². The van der Waals surface area contributed by atoms with Gasteiger partial charge in [0.05, 0.1) is 5.69 Å². The number of rotatable bonds is 2. The van der Waals surface area contributed by atoms with Gasteiger partial charge in [0.1, 0.15) is 5.70 Å². The van der Waals surface area contributed by atoms with Crippen molar-refractivity contribution in [3.63, 3.8) is 0 Å². The zero-order chi connectivity index (χ0) is 14.8. The van der Waals surface area contributed by atoms with Gasteiger partial charge < -0.3 is 5.32 Å². The highest BCUT2D eigenvalue weighted by atomic mass is 35.5. The molecule has 0 aliphatic carbocycles. The van der Waals surface area contributed by atoms with E-state index in [4.69, 9.17) is 11.6 Å². The monoisotopic (exact) mass is 298 g/mol. The number of hydrogen-bond donors (Lipinski definition) is 1. The minimum absolute atomic E-state index is 0.251. The third-order valence-corrected chi connectivity index (χ3v) is 3.33. The first-order valence-electron chi connectivity index (χ1n) is 6.33. The highest BCUT2D eigenvalue weighted by Crippen LogP contribution is 2.23. The van der Waals surface area contributed by atoms with Crippen LogP contribution in [0.1, 0.15) is 5.56 Å². The second-order valence-electron chi connectivity index (χ2n) is 4.52. The van der Waals surface area contributed by atoms with Crippen LogP contribution in [0.2, 0.25) is 5.02 Å². The fourth-order valence-electron chi connectivity index (χ4n) is 2.08. The number of carbonyl (C=O) groups is 2. The van der Waals surface area contributed by atoms with Crippen LogP contribution in [0, 0.1) is 0 Å². The number of nitrogens with one attached hydrogen (secondary N) is 1. The summed E-state index contributed by atoms with van der Waals surface area (Å²) >= 11 is 5.81. The van der Waals surface area contributed by atoms with Crippen LogP contribution < -0.4 is 10.2 Å². The largest absolute Gasteiger partial charge is 0.333 e. The molecule has 1 aliphatic rings. The molecule has 1 heterocycles. The number of imide groups is 1. The van der Waals surface area contributed by atoms with E-state index in [2.05, 4.69) is 5.32 Å². The number of nitrogens with zero attached hydrogens (tertiary/aromatic N) is 1. The maximum atomic E-state index is 12.3. The number of hydrogen-bond acceptors (Lipinski definition) is 2. The average molecular weight is 299 g/mol. The lowest BCUT2D eigenvalue weighted by Gasteiger charge is -2.11. The molecule has 4 nitrogen and oxygen atoms in total. The van der Waals surface area contributed by atoms with Crippen molar-refractivity contribution in [3.05, 3.63) is 70.9 Å². The number of amides is 3. The molecule has 1 N–H and O–H groups in total. The predicted molar refractivity (Wildman–Crippen MR) is 81.9 cm³/mol. The first kappa shape index (κ1) is 13.4. The molecule has 0 radical (unpaired) electrons. The summed E-state index contributed by atoms with van der Waals surface area (Å²) in [6.45, 7) is 0. The van der Waals surface area contributed by atoms with Gasteiger partial charge in [-0.2, -0.15) is 0 Å². The molecule has 0 saturated carbocycles. The Hall–Kier alpha value is -2.59. The summed E-state index contributed by atoms with van der Waals surface area (Å²) in [7, 11) is 0. The SMILES string of the molecule is O=C1N/C(=C/c2ccccc2)C(=O)N1c1ccc(Cl)cc1. The van der Waals surface area contributed by atoms with Gasteiger partial charge in [-0.1, -0.05) is 41.9 Å². The van der Waals surface area contributed by atoms with E-state index in [1.165, 1.54) is 0 Å². The average Bonchev–Trinajstić information content (AvgIpc) is 2.76. The Morgan fingerprint density at radius 2 is 1.62 bits per heavy atom. The Morgan fingerprint density at radius 3 is 2.29 bits per heavy atom. The van der Waals surface area contributed by atoms with Crippen LogP contribution in [-0.4, -0.2) is 11.9 Å². The summed E-state index contributed by atoms with van der Waals surface area (Å²) in [5.41, 5.74) is 1.58. The van der Waals surface area contributed by atoms with Gasteiger partial charge in [-0.3, -0.25) is 4.79 Å². The Labute approximate surface area is 126 Å². The first-order valence-corrected chi connectivity index (χ1v) is 6.71. The van der Waals surface area contributed by atoms with E-state index in [9.17, 15) is 9.59 Å². The molecule has 5 heteroatoms. The summed E-state index contributed by atoms with van der Waals surface area (Å²) in [5, 5.41) is 3.13. The van der Waals surface area contributed by atoms with Crippen LogP contribution in [-0.2, 0) is 4.79 Å². The fraction of sp³-hybridized carbons (Fsp3) is 0. The molecule has 2 aromatic rings. The van der Waals surface area contributed by atoms with Crippen LogP contribution in [0.5, 0.6) is 0 Å². The number of benzene rings is 2. The van der Waals surface area contributed by atoms with Crippen molar-refractivity contribution >= 4 is 35.3 Å². The Morgan fingerprint density at radius 1 is 0.952 bits per heavy atom. The molecule has 3 amide bonds. The molecule has 2 aromatic carbocycles. The topological polar surface area (TPSA) is 49.4 Å². The molecule has 21 heavy (non-hydrogen) atoms. The van der Waals surface area contributed by atoms with Gasteiger partial charge >= 0.3 is 6.03 Å². The van der Waals surface area contributed by atoms with E-state index < -0.39 is 6.03 Å². The van der Waals surface area contributed by atoms with Crippen molar-refractivity contribution < 1.29 is 9.59 Å². The maximum Gasteiger partial charge on any atom is 0.333 e. The molecule has 1 aliphatic heterocycles. The lowest BCUT2D eigenvalue weighted by molar-refractivity contribution is -0.113. The number of anilines is 1. The molecule has 0 bridgehead atoms. The Bertz CT molecular complexity index is 724. The van der Waals surface area contributed by atoms with Gasteiger partial charge in [-0.25, -0.2) is 9.69 Å². The van der Waals surface area contributed by atoms with E-state index in [-0.39, 0.29) is 11.6 Å². The second kappa shape index (κ2) is 5.42. The van der Waals surface area contributed by atoms with Crippen molar-refractivity contribution in [1.82, 2.24) is 5.32 Å². The fourth-order valence-corrected chi connectivity index (χ4v) is 2.20. The van der Waals surface area contributed by atoms with Gasteiger partial charge in [0.15, 0.2) is 0 Å². The molecule has 0 spiro atoms. The van der Waals surface area contributed by atoms with Gasteiger partial charge in [0.25, 0.3) is 5.91 Å². The van der Waals surface area contributed by atoms with E-state index in [1.807, 2.05) is 30.3 Å². The van der Waals surface area contributed by atoms with Gasteiger partial charge in [-0.05, 0) is 35.9 Å². The molecular weight excluding hydrogens is 288 g/mol. The molecule has 0 aromatic heterocycles. The highest BCUT2D eigenvalue weighted by Gasteiger charge is 2.34. The van der Waals surface area contributed by atoms with E-state index >= 15 is 0 Å². The van der Waals surface area contributed by atoms with Crippen LogP contribution in [0.4, 0.5) is 10.5 Å². The summed E-state index contributed by atoms with van der Waals surface area (Å²) in [6.07, 6.45) is 1.65. The lowest BCUT2D eigenvalue weighted by atomic mass is 10.2. The summed E-state index contributed by atoms with van der Waals surface area (Å²) < 4.78 is 0. The third-order valence-electron chi connectivity index (χ3n) is 3.07. The van der Waals surface area contributed by atoms with Gasteiger partial charge in [0, 0.05) is 5.02 Å². The Kier molecular flexibility index (Phi) is 3.46. The molecular formula is C16H11ClN2O2. The molecule has 104 valence electrons. The van der Waals surface area contributed by atoms with Crippen molar-refractivity contribution in [2.24, 2.45) is 0 Å². The zero-order valence-electron chi connectivity index (χ0n) is 10.9.